The van der Waals surface area contributed by atoms with Crippen molar-refractivity contribution in [3.63, 3.8) is 0 Å². The number of likely N-dealkylation sites (N-methyl/N-ethyl adjacent to an activating group) is 1. The molecule has 2 unspecified atom stereocenters. The van der Waals surface area contributed by atoms with Crippen molar-refractivity contribution in [2.24, 2.45) is 0 Å². The number of nitrogens with zero attached hydrogens (tertiary/aromatic N) is 1. The minimum atomic E-state index is 0.383. The number of methoxy groups -OCH3 is 1. The van der Waals surface area contributed by atoms with Gasteiger partial charge in [0.2, 0.25) is 0 Å². The number of hydrogen-bond donors (Lipinski definition) is 1. The van der Waals surface area contributed by atoms with E-state index in [0.717, 1.165) is 18.8 Å². The summed E-state index contributed by atoms with van der Waals surface area (Å²) in [6.45, 7) is 10.1. The molecule has 1 aromatic rings. The van der Waals surface area contributed by atoms with Crippen LogP contribution in [0, 0.1) is 6.92 Å². The van der Waals surface area contributed by atoms with E-state index in [4.69, 9.17) is 4.74 Å². The Morgan fingerprint density at radius 3 is 2.81 bits per heavy atom. The third-order valence-corrected chi connectivity index (χ3v) is 4.66. The second kappa shape index (κ2) is 7.81. The maximum Gasteiger partial charge on any atom is 0.123 e. The molecule has 0 bridgehead atoms. The number of piperidine rings is 1. The molecule has 1 aliphatic rings. The topological polar surface area (TPSA) is 24.5 Å². The van der Waals surface area contributed by atoms with Crippen LogP contribution in [-0.4, -0.2) is 37.7 Å². The van der Waals surface area contributed by atoms with E-state index < -0.39 is 0 Å². The first-order valence-electron chi connectivity index (χ1n) is 8.27. The first-order valence-corrected chi connectivity index (χ1v) is 8.27. The summed E-state index contributed by atoms with van der Waals surface area (Å²) in [5, 5.41) is 3.66. The zero-order valence-corrected chi connectivity index (χ0v) is 14.0. The first kappa shape index (κ1) is 16.3. The van der Waals surface area contributed by atoms with Gasteiger partial charge in [-0.3, -0.25) is 4.90 Å². The van der Waals surface area contributed by atoms with Gasteiger partial charge in [-0.25, -0.2) is 0 Å². The quantitative estimate of drug-likeness (QED) is 0.867. The second-order valence-electron chi connectivity index (χ2n) is 6.16. The molecule has 0 aromatic heterocycles. The Labute approximate surface area is 129 Å². The van der Waals surface area contributed by atoms with E-state index in [2.05, 4.69) is 49.2 Å². The smallest absolute Gasteiger partial charge is 0.123 e. The SMILES string of the molecule is CCN(CC1CCCCN1)C(C)c1cc(C)ccc1OC. The van der Waals surface area contributed by atoms with Crippen LogP contribution in [0.3, 0.4) is 0 Å². The molecule has 0 aliphatic carbocycles. The molecule has 2 atom stereocenters. The van der Waals surface area contributed by atoms with Crippen LogP contribution in [0.15, 0.2) is 18.2 Å². The fraction of sp³-hybridized carbons (Fsp3) is 0.667. The molecule has 3 heteroatoms. The molecule has 21 heavy (non-hydrogen) atoms. The first-order chi connectivity index (χ1) is 10.2. The van der Waals surface area contributed by atoms with E-state index in [0.29, 0.717) is 12.1 Å². The predicted molar refractivity (Wildman–Crippen MR) is 89.0 cm³/mol. The summed E-state index contributed by atoms with van der Waals surface area (Å²) in [6.07, 6.45) is 3.98. The van der Waals surface area contributed by atoms with Gasteiger partial charge in [0.15, 0.2) is 0 Å². The monoisotopic (exact) mass is 290 g/mol. The third kappa shape index (κ3) is 4.21. The Bertz CT molecular complexity index is 441. The van der Waals surface area contributed by atoms with Crippen LogP contribution in [0.1, 0.15) is 50.3 Å². The summed E-state index contributed by atoms with van der Waals surface area (Å²) < 4.78 is 5.56. The molecular weight excluding hydrogens is 260 g/mol. The highest BCUT2D eigenvalue weighted by atomic mass is 16.5. The zero-order valence-electron chi connectivity index (χ0n) is 14.0. The van der Waals surface area contributed by atoms with Gasteiger partial charge in [-0.2, -0.15) is 0 Å². The van der Waals surface area contributed by atoms with E-state index in [1.54, 1.807) is 7.11 Å². The van der Waals surface area contributed by atoms with E-state index in [-0.39, 0.29) is 0 Å². The van der Waals surface area contributed by atoms with Gasteiger partial charge in [-0.1, -0.05) is 31.0 Å². The Morgan fingerprint density at radius 1 is 1.38 bits per heavy atom. The van der Waals surface area contributed by atoms with Crippen LogP contribution < -0.4 is 10.1 Å². The van der Waals surface area contributed by atoms with E-state index >= 15 is 0 Å². The van der Waals surface area contributed by atoms with Gasteiger partial charge in [-0.05, 0) is 45.8 Å². The predicted octanol–water partition coefficient (Wildman–Crippen LogP) is 3.53. The van der Waals surface area contributed by atoms with Crippen molar-refractivity contribution in [3.05, 3.63) is 29.3 Å². The Hall–Kier alpha value is -1.06. The number of hydrogen-bond acceptors (Lipinski definition) is 3. The van der Waals surface area contributed by atoms with Crippen molar-refractivity contribution in [1.29, 1.82) is 0 Å². The van der Waals surface area contributed by atoms with Gasteiger partial charge in [0.1, 0.15) is 5.75 Å². The zero-order chi connectivity index (χ0) is 15.2. The number of nitrogens with one attached hydrogen (secondary N) is 1. The summed E-state index contributed by atoms with van der Waals surface area (Å²) in [5.74, 6) is 1.00. The maximum absolute atomic E-state index is 5.56. The van der Waals surface area contributed by atoms with Gasteiger partial charge in [0.25, 0.3) is 0 Å². The number of benzene rings is 1. The van der Waals surface area contributed by atoms with Gasteiger partial charge in [-0.15, -0.1) is 0 Å². The van der Waals surface area contributed by atoms with Crippen LogP contribution >= 0.6 is 0 Å². The summed E-state index contributed by atoms with van der Waals surface area (Å²) in [5.41, 5.74) is 2.60. The van der Waals surface area contributed by atoms with Gasteiger partial charge < -0.3 is 10.1 Å². The van der Waals surface area contributed by atoms with Gasteiger partial charge in [0, 0.05) is 24.2 Å². The fourth-order valence-corrected chi connectivity index (χ4v) is 3.30. The molecule has 0 spiro atoms. The Morgan fingerprint density at radius 2 is 2.19 bits per heavy atom. The molecule has 1 saturated heterocycles. The van der Waals surface area contributed by atoms with Crippen molar-refractivity contribution in [2.45, 2.75) is 52.1 Å². The van der Waals surface area contributed by atoms with Crippen LogP contribution in [0.5, 0.6) is 5.75 Å². The molecule has 0 saturated carbocycles. The Balaban J connectivity index is 2.11. The number of ether oxygens (including phenoxy) is 1. The third-order valence-electron chi connectivity index (χ3n) is 4.66. The highest BCUT2D eigenvalue weighted by Gasteiger charge is 2.22. The van der Waals surface area contributed by atoms with Gasteiger partial charge >= 0.3 is 0 Å². The lowest BCUT2D eigenvalue weighted by Crippen LogP contribution is -2.44. The second-order valence-corrected chi connectivity index (χ2v) is 6.16. The van der Waals surface area contributed by atoms with Crippen LogP contribution in [0.25, 0.3) is 0 Å². The van der Waals surface area contributed by atoms with Crippen molar-refractivity contribution in [3.8, 4) is 5.75 Å². The molecule has 1 heterocycles. The molecule has 0 amide bonds. The van der Waals surface area contributed by atoms with Gasteiger partial charge in [0.05, 0.1) is 7.11 Å². The van der Waals surface area contributed by atoms with E-state index in [1.165, 1.54) is 36.9 Å². The van der Waals surface area contributed by atoms with E-state index in [9.17, 15) is 0 Å². The van der Waals surface area contributed by atoms with Crippen molar-refractivity contribution in [1.82, 2.24) is 10.2 Å². The number of rotatable bonds is 6. The normalized spacial score (nSPS) is 20.5. The molecular formula is C18H30N2O. The molecule has 118 valence electrons. The summed E-state index contributed by atoms with van der Waals surface area (Å²) in [4.78, 5) is 2.56. The minimum absolute atomic E-state index is 0.383. The molecule has 0 radical (unpaired) electrons. The Kier molecular flexibility index (Phi) is 6.07. The van der Waals surface area contributed by atoms with E-state index in [1.807, 2.05) is 0 Å². The largest absolute Gasteiger partial charge is 0.496 e. The lowest BCUT2D eigenvalue weighted by atomic mass is 10.00. The van der Waals surface area contributed by atoms with Crippen molar-refractivity contribution >= 4 is 0 Å². The average molecular weight is 290 g/mol. The fourth-order valence-electron chi connectivity index (χ4n) is 3.30. The number of aryl methyl sites for hydroxylation is 1. The lowest BCUT2D eigenvalue weighted by Gasteiger charge is -2.34. The van der Waals surface area contributed by atoms with Crippen molar-refractivity contribution < 1.29 is 4.74 Å². The lowest BCUT2D eigenvalue weighted by molar-refractivity contribution is 0.182. The molecule has 1 aromatic carbocycles. The highest BCUT2D eigenvalue weighted by Crippen LogP contribution is 2.30. The average Bonchev–Trinajstić information content (AvgIpc) is 2.53. The van der Waals surface area contributed by atoms with Crippen LogP contribution in [-0.2, 0) is 0 Å². The summed E-state index contributed by atoms with van der Waals surface area (Å²) in [7, 11) is 1.76. The highest BCUT2D eigenvalue weighted by molar-refractivity contribution is 5.39. The molecule has 3 nitrogen and oxygen atoms in total. The van der Waals surface area contributed by atoms with Crippen LogP contribution in [0.2, 0.25) is 0 Å². The molecule has 1 aliphatic heterocycles. The standard InChI is InChI=1S/C18H30N2O/c1-5-20(13-16-8-6-7-11-19-16)15(3)17-12-14(2)9-10-18(17)21-4/h9-10,12,15-16,19H,5-8,11,13H2,1-4H3. The summed E-state index contributed by atoms with van der Waals surface area (Å²) in [6, 6.07) is 7.49. The molecule has 1 N–H and O–H groups in total. The van der Waals surface area contributed by atoms with Crippen molar-refractivity contribution in [2.75, 3.05) is 26.7 Å². The minimum Gasteiger partial charge on any atom is -0.496 e. The summed E-state index contributed by atoms with van der Waals surface area (Å²) >= 11 is 0. The molecule has 2 rings (SSSR count). The van der Waals surface area contributed by atoms with Crippen LogP contribution in [0.4, 0.5) is 0 Å². The maximum atomic E-state index is 5.56. The molecule has 1 fully saturated rings.